The molecule has 2 aromatic rings. The molecule has 0 unspecified atom stereocenters. The number of nitrogens with zero attached hydrogens (tertiary/aromatic N) is 1. The number of hydrogen-bond acceptors (Lipinski definition) is 3. The second-order valence-electron chi connectivity index (χ2n) is 3.45. The zero-order valence-corrected chi connectivity index (χ0v) is 9.78. The number of hydrogen-bond donors (Lipinski definition) is 1. The van der Waals surface area contributed by atoms with Gasteiger partial charge in [-0.2, -0.15) is 0 Å². The highest BCUT2D eigenvalue weighted by Gasteiger charge is 2.01. The van der Waals surface area contributed by atoms with Crippen molar-refractivity contribution in [1.29, 1.82) is 0 Å². The first-order chi connectivity index (χ1) is 7.90. The summed E-state index contributed by atoms with van der Waals surface area (Å²) in [6.45, 7) is 0.554. The van der Waals surface area contributed by atoms with E-state index in [1.165, 1.54) is 10.5 Å². The van der Waals surface area contributed by atoms with E-state index < -0.39 is 0 Å². The first-order valence-electron chi connectivity index (χ1n) is 5.20. The number of pyridine rings is 1. The topological polar surface area (TPSA) is 38.9 Å². The van der Waals surface area contributed by atoms with Gasteiger partial charge in [-0.1, -0.05) is 18.2 Å². The minimum atomic E-state index is 0.554. The molecule has 0 aliphatic rings. The lowest BCUT2D eigenvalue weighted by Crippen LogP contribution is -2.01. The lowest BCUT2D eigenvalue weighted by Gasteiger charge is -2.06. The lowest BCUT2D eigenvalue weighted by molar-refractivity contribution is 1.02. The average molecular weight is 230 g/mol. The molecule has 2 N–H and O–H groups in total. The highest BCUT2D eigenvalue weighted by molar-refractivity contribution is 7.98. The molecule has 2 nitrogen and oxygen atoms in total. The van der Waals surface area contributed by atoms with Gasteiger partial charge in [0.25, 0.3) is 0 Å². The van der Waals surface area contributed by atoms with E-state index in [2.05, 4.69) is 29.2 Å². The van der Waals surface area contributed by atoms with Crippen LogP contribution in [0.1, 0.15) is 11.1 Å². The van der Waals surface area contributed by atoms with Gasteiger partial charge in [-0.15, -0.1) is 11.8 Å². The molecule has 0 spiro atoms. The van der Waals surface area contributed by atoms with E-state index in [0.29, 0.717) is 6.54 Å². The van der Waals surface area contributed by atoms with Gasteiger partial charge in [-0.3, -0.25) is 4.98 Å². The molecule has 1 aromatic heterocycles. The van der Waals surface area contributed by atoms with Crippen molar-refractivity contribution in [2.75, 3.05) is 0 Å². The Kier molecular flexibility index (Phi) is 3.97. The summed E-state index contributed by atoms with van der Waals surface area (Å²) in [4.78, 5) is 5.36. The summed E-state index contributed by atoms with van der Waals surface area (Å²) < 4.78 is 0. The smallest absolute Gasteiger partial charge is 0.0315 e. The summed E-state index contributed by atoms with van der Waals surface area (Å²) in [6, 6.07) is 12.4. The van der Waals surface area contributed by atoms with Gasteiger partial charge in [-0.25, -0.2) is 0 Å². The molecule has 0 fully saturated rings. The quantitative estimate of drug-likeness (QED) is 0.821. The third kappa shape index (κ3) is 2.84. The van der Waals surface area contributed by atoms with Crippen LogP contribution in [-0.2, 0) is 12.3 Å². The predicted molar refractivity (Wildman–Crippen MR) is 68.1 cm³/mol. The zero-order chi connectivity index (χ0) is 11.2. The number of rotatable bonds is 4. The number of benzene rings is 1. The molecular formula is C13H14N2S. The molecule has 16 heavy (non-hydrogen) atoms. The predicted octanol–water partition coefficient (Wildman–Crippen LogP) is 2.83. The van der Waals surface area contributed by atoms with E-state index in [-0.39, 0.29) is 0 Å². The molecule has 3 heteroatoms. The van der Waals surface area contributed by atoms with E-state index in [0.717, 1.165) is 11.3 Å². The summed E-state index contributed by atoms with van der Waals surface area (Å²) in [6.07, 6.45) is 3.67. The highest BCUT2D eigenvalue weighted by atomic mass is 32.2. The molecule has 0 aliphatic heterocycles. The molecule has 0 aliphatic carbocycles. The van der Waals surface area contributed by atoms with E-state index in [9.17, 15) is 0 Å². The van der Waals surface area contributed by atoms with E-state index in [1.54, 1.807) is 0 Å². The van der Waals surface area contributed by atoms with Crippen LogP contribution >= 0.6 is 11.8 Å². The summed E-state index contributed by atoms with van der Waals surface area (Å²) in [5, 5.41) is 0. The van der Waals surface area contributed by atoms with Gasteiger partial charge in [0, 0.05) is 29.6 Å². The third-order valence-electron chi connectivity index (χ3n) is 2.36. The monoisotopic (exact) mass is 230 g/mol. The fraction of sp³-hybridized carbons (Fsp3) is 0.154. The Balaban J connectivity index is 2.05. The summed E-state index contributed by atoms with van der Waals surface area (Å²) in [7, 11) is 0. The van der Waals surface area contributed by atoms with Crippen molar-refractivity contribution in [3.05, 3.63) is 59.9 Å². The standard InChI is InChI=1S/C13H14N2S/c14-8-12-9-15-7-6-11(12)10-16-13-4-2-1-3-5-13/h1-7,9H,8,10,14H2. The second-order valence-corrected chi connectivity index (χ2v) is 4.50. The third-order valence-corrected chi connectivity index (χ3v) is 3.42. The lowest BCUT2D eigenvalue weighted by atomic mass is 10.2. The molecule has 0 amide bonds. The van der Waals surface area contributed by atoms with Crippen molar-refractivity contribution in [2.45, 2.75) is 17.2 Å². The molecular weight excluding hydrogens is 216 g/mol. The van der Waals surface area contributed by atoms with Gasteiger partial charge >= 0.3 is 0 Å². The Morgan fingerprint density at radius 3 is 2.62 bits per heavy atom. The van der Waals surface area contributed by atoms with Crippen LogP contribution in [0.2, 0.25) is 0 Å². The van der Waals surface area contributed by atoms with Gasteiger partial charge in [0.15, 0.2) is 0 Å². The second kappa shape index (κ2) is 5.68. The fourth-order valence-electron chi connectivity index (χ4n) is 1.46. The first kappa shape index (κ1) is 11.2. The zero-order valence-electron chi connectivity index (χ0n) is 8.97. The van der Waals surface area contributed by atoms with Crippen molar-refractivity contribution < 1.29 is 0 Å². The van der Waals surface area contributed by atoms with Crippen molar-refractivity contribution in [3.8, 4) is 0 Å². The molecule has 0 radical (unpaired) electrons. The van der Waals surface area contributed by atoms with Crippen LogP contribution in [-0.4, -0.2) is 4.98 Å². The number of nitrogens with two attached hydrogens (primary N) is 1. The maximum absolute atomic E-state index is 5.67. The first-order valence-corrected chi connectivity index (χ1v) is 6.18. The Labute approximate surface area is 99.9 Å². The maximum atomic E-state index is 5.67. The summed E-state index contributed by atoms with van der Waals surface area (Å²) in [5.74, 6) is 0.944. The van der Waals surface area contributed by atoms with E-state index in [4.69, 9.17) is 5.73 Å². The van der Waals surface area contributed by atoms with Crippen LogP contribution in [0.3, 0.4) is 0 Å². The van der Waals surface area contributed by atoms with Crippen LogP contribution in [0.4, 0.5) is 0 Å². The van der Waals surface area contributed by atoms with Crippen LogP contribution in [0, 0.1) is 0 Å². The van der Waals surface area contributed by atoms with E-state index in [1.807, 2.05) is 36.3 Å². The van der Waals surface area contributed by atoms with Gasteiger partial charge in [0.1, 0.15) is 0 Å². The maximum Gasteiger partial charge on any atom is 0.0315 e. The molecule has 0 saturated carbocycles. The normalized spacial score (nSPS) is 10.3. The van der Waals surface area contributed by atoms with Crippen molar-refractivity contribution in [2.24, 2.45) is 5.73 Å². The minimum absolute atomic E-state index is 0.554. The molecule has 1 aromatic carbocycles. The van der Waals surface area contributed by atoms with Gasteiger partial charge < -0.3 is 5.73 Å². The van der Waals surface area contributed by atoms with Crippen molar-refractivity contribution >= 4 is 11.8 Å². The highest BCUT2D eigenvalue weighted by Crippen LogP contribution is 2.23. The molecule has 82 valence electrons. The Morgan fingerprint density at radius 1 is 1.06 bits per heavy atom. The van der Waals surface area contributed by atoms with E-state index >= 15 is 0 Å². The van der Waals surface area contributed by atoms with Crippen molar-refractivity contribution in [3.63, 3.8) is 0 Å². The van der Waals surface area contributed by atoms with Crippen LogP contribution in [0.5, 0.6) is 0 Å². The number of thioether (sulfide) groups is 1. The van der Waals surface area contributed by atoms with Gasteiger partial charge in [-0.05, 0) is 29.3 Å². The van der Waals surface area contributed by atoms with Crippen LogP contribution < -0.4 is 5.73 Å². The summed E-state index contributed by atoms with van der Waals surface area (Å²) >= 11 is 1.82. The van der Waals surface area contributed by atoms with Crippen LogP contribution in [0.25, 0.3) is 0 Å². The molecule has 0 atom stereocenters. The Morgan fingerprint density at radius 2 is 1.88 bits per heavy atom. The van der Waals surface area contributed by atoms with Gasteiger partial charge in [0.2, 0.25) is 0 Å². The average Bonchev–Trinajstić information content (AvgIpc) is 2.38. The van der Waals surface area contributed by atoms with Gasteiger partial charge in [0.05, 0.1) is 0 Å². The molecule has 2 rings (SSSR count). The Bertz CT molecular complexity index is 443. The summed E-state index contributed by atoms with van der Waals surface area (Å²) in [5.41, 5.74) is 8.07. The minimum Gasteiger partial charge on any atom is -0.326 e. The van der Waals surface area contributed by atoms with Crippen LogP contribution in [0.15, 0.2) is 53.7 Å². The number of aromatic nitrogens is 1. The Hall–Kier alpha value is -1.32. The molecule has 0 bridgehead atoms. The molecule has 0 saturated heterocycles. The molecule has 1 heterocycles. The fourth-order valence-corrected chi connectivity index (χ4v) is 2.41. The van der Waals surface area contributed by atoms with Crippen molar-refractivity contribution in [1.82, 2.24) is 4.98 Å². The SMILES string of the molecule is NCc1cnccc1CSc1ccccc1. The largest absolute Gasteiger partial charge is 0.326 e.